The van der Waals surface area contributed by atoms with Crippen LogP contribution in [-0.2, 0) is 0 Å². The molecule has 1 aromatic carbocycles. The lowest BCUT2D eigenvalue weighted by molar-refractivity contribution is 0.283. The fraction of sp³-hybridized carbons (Fsp3) is 0.429. The van der Waals surface area contributed by atoms with Crippen LogP contribution in [0.3, 0.4) is 0 Å². The molecule has 0 fully saturated rings. The van der Waals surface area contributed by atoms with Gasteiger partial charge in [0.05, 0.1) is 5.52 Å². The minimum atomic E-state index is 0.293. The number of aliphatic hydroxyl groups excluding tert-OH is 1. The zero-order chi connectivity index (χ0) is 12.6. The summed E-state index contributed by atoms with van der Waals surface area (Å²) in [6.45, 7) is 1.17. The number of rotatable bonds is 7. The molecule has 0 bridgehead atoms. The normalized spacial score (nSPS) is 10.7. The molecule has 18 heavy (non-hydrogen) atoms. The SMILES string of the molecule is OCCCCCCNc1ncc2ccccc2n1. The Morgan fingerprint density at radius 2 is 1.89 bits per heavy atom. The lowest BCUT2D eigenvalue weighted by Gasteiger charge is -2.05. The summed E-state index contributed by atoms with van der Waals surface area (Å²) in [4.78, 5) is 8.73. The molecule has 0 unspecified atom stereocenters. The van der Waals surface area contributed by atoms with Crippen LogP contribution in [0.2, 0.25) is 0 Å². The van der Waals surface area contributed by atoms with Crippen molar-refractivity contribution in [3.8, 4) is 0 Å². The van der Waals surface area contributed by atoms with Crippen LogP contribution in [0.25, 0.3) is 10.9 Å². The van der Waals surface area contributed by atoms with Crippen molar-refractivity contribution < 1.29 is 5.11 Å². The Balaban J connectivity index is 1.81. The summed E-state index contributed by atoms with van der Waals surface area (Å²) in [7, 11) is 0. The van der Waals surface area contributed by atoms with E-state index in [0.29, 0.717) is 12.6 Å². The maximum absolute atomic E-state index is 8.67. The van der Waals surface area contributed by atoms with Crippen LogP contribution in [-0.4, -0.2) is 28.2 Å². The fourth-order valence-corrected chi connectivity index (χ4v) is 1.85. The maximum atomic E-state index is 8.67. The van der Waals surface area contributed by atoms with Gasteiger partial charge in [-0.3, -0.25) is 0 Å². The number of hydrogen-bond donors (Lipinski definition) is 2. The van der Waals surface area contributed by atoms with E-state index in [1.54, 1.807) is 0 Å². The summed E-state index contributed by atoms with van der Waals surface area (Å²) in [6, 6.07) is 7.96. The Hall–Kier alpha value is -1.68. The summed E-state index contributed by atoms with van der Waals surface area (Å²) in [6.07, 6.45) is 6.02. The van der Waals surface area contributed by atoms with Gasteiger partial charge in [0, 0.05) is 24.7 Å². The van der Waals surface area contributed by atoms with Gasteiger partial charge in [-0.25, -0.2) is 9.97 Å². The number of aromatic nitrogens is 2. The van der Waals surface area contributed by atoms with Crippen molar-refractivity contribution in [2.45, 2.75) is 25.7 Å². The number of benzene rings is 1. The summed E-state index contributed by atoms with van der Waals surface area (Å²) >= 11 is 0. The third kappa shape index (κ3) is 3.67. The average Bonchev–Trinajstić information content (AvgIpc) is 2.42. The Labute approximate surface area is 107 Å². The van der Waals surface area contributed by atoms with Gasteiger partial charge >= 0.3 is 0 Å². The first-order valence-corrected chi connectivity index (χ1v) is 6.46. The van der Waals surface area contributed by atoms with Gasteiger partial charge < -0.3 is 10.4 Å². The molecule has 0 saturated heterocycles. The summed E-state index contributed by atoms with van der Waals surface area (Å²) in [5, 5.41) is 13.0. The molecule has 1 heterocycles. The highest BCUT2D eigenvalue weighted by molar-refractivity contribution is 5.78. The number of nitrogens with one attached hydrogen (secondary N) is 1. The molecule has 0 aliphatic rings. The van der Waals surface area contributed by atoms with Gasteiger partial charge in [-0.15, -0.1) is 0 Å². The second-order valence-electron chi connectivity index (χ2n) is 4.32. The first-order valence-electron chi connectivity index (χ1n) is 6.46. The van der Waals surface area contributed by atoms with E-state index in [0.717, 1.165) is 43.1 Å². The molecule has 0 radical (unpaired) electrons. The number of fused-ring (bicyclic) bond motifs is 1. The predicted molar refractivity (Wildman–Crippen MR) is 73.6 cm³/mol. The van der Waals surface area contributed by atoms with E-state index in [1.807, 2.05) is 30.5 Å². The van der Waals surface area contributed by atoms with E-state index in [1.165, 1.54) is 0 Å². The molecule has 2 rings (SSSR count). The second-order valence-corrected chi connectivity index (χ2v) is 4.32. The number of aliphatic hydroxyl groups is 1. The van der Waals surface area contributed by atoms with Crippen LogP contribution in [0.15, 0.2) is 30.5 Å². The summed E-state index contributed by atoms with van der Waals surface area (Å²) in [5.74, 6) is 0.691. The number of para-hydroxylation sites is 1. The Kier molecular flexibility index (Phi) is 4.90. The van der Waals surface area contributed by atoms with E-state index in [-0.39, 0.29) is 0 Å². The summed E-state index contributed by atoms with van der Waals surface area (Å²) in [5.41, 5.74) is 0.968. The topological polar surface area (TPSA) is 58.0 Å². The third-order valence-electron chi connectivity index (χ3n) is 2.86. The van der Waals surface area contributed by atoms with Gasteiger partial charge in [0.25, 0.3) is 0 Å². The zero-order valence-electron chi connectivity index (χ0n) is 10.5. The van der Waals surface area contributed by atoms with Crippen molar-refractivity contribution in [3.05, 3.63) is 30.5 Å². The van der Waals surface area contributed by atoms with Crippen molar-refractivity contribution in [2.24, 2.45) is 0 Å². The van der Waals surface area contributed by atoms with Gasteiger partial charge in [-0.1, -0.05) is 31.0 Å². The van der Waals surface area contributed by atoms with E-state index in [9.17, 15) is 0 Å². The maximum Gasteiger partial charge on any atom is 0.223 e. The lowest BCUT2D eigenvalue weighted by Crippen LogP contribution is -2.05. The van der Waals surface area contributed by atoms with E-state index < -0.39 is 0 Å². The Morgan fingerprint density at radius 3 is 2.78 bits per heavy atom. The molecule has 0 saturated carbocycles. The smallest absolute Gasteiger partial charge is 0.223 e. The molecule has 0 atom stereocenters. The fourth-order valence-electron chi connectivity index (χ4n) is 1.85. The molecule has 0 amide bonds. The average molecular weight is 245 g/mol. The van der Waals surface area contributed by atoms with E-state index >= 15 is 0 Å². The van der Waals surface area contributed by atoms with Gasteiger partial charge in [0.15, 0.2) is 0 Å². The highest BCUT2D eigenvalue weighted by atomic mass is 16.2. The van der Waals surface area contributed by atoms with Gasteiger partial charge in [0.1, 0.15) is 0 Å². The molecule has 2 N–H and O–H groups in total. The molecule has 2 aromatic rings. The molecule has 0 aliphatic heterocycles. The van der Waals surface area contributed by atoms with Crippen LogP contribution in [0.1, 0.15) is 25.7 Å². The number of nitrogens with zero attached hydrogens (tertiary/aromatic N) is 2. The van der Waals surface area contributed by atoms with Crippen LogP contribution in [0, 0.1) is 0 Å². The molecule has 96 valence electrons. The predicted octanol–water partition coefficient (Wildman–Crippen LogP) is 2.59. The number of hydrogen-bond acceptors (Lipinski definition) is 4. The van der Waals surface area contributed by atoms with E-state index in [2.05, 4.69) is 15.3 Å². The molecular formula is C14H19N3O. The van der Waals surface area contributed by atoms with Crippen LogP contribution < -0.4 is 5.32 Å². The molecular weight excluding hydrogens is 226 g/mol. The van der Waals surface area contributed by atoms with Gasteiger partial charge in [-0.05, 0) is 18.9 Å². The Bertz CT molecular complexity index is 487. The third-order valence-corrected chi connectivity index (χ3v) is 2.86. The first kappa shape index (κ1) is 12.8. The largest absolute Gasteiger partial charge is 0.396 e. The van der Waals surface area contributed by atoms with Crippen LogP contribution in [0.4, 0.5) is 5.95 Å². The highest BCUT2D eigenvalue weighted by Gasteiger charge is 1.98. The zero-order valence-corrected chi connectivity index (χ0v) is 10.5. The van der Waals surface area contributed by atoms with Crippen LogP contribution >= 0.6 is 0 Å². The van der Waals surface area contributed by atoms with Crippen molar-refractivity contribution in [1.29, 1.82) is 0 Å². The number of anilines is 1. The van der Waals surface area contributed by atoms with Crippen LogP contribution in [0.5, 0.6) is 0 Å². The molecule has 0 spiro atoms. The summed E-state index contributed by atoms with van der Waals surface area (Å²) < 4.78 is 0. The number of unbranched alkanes of at least 4 members (excludes halogenated alkanes) is 3. The molecule has 1 aromatic heterocycles. The molecule has 4 heteroatoms. The standard InChI is InChI=1S/C14H19N3O/c18-10-6-2-1-5-9-15-14-16-11-12-7-3-4-8-13(12)17-14/h3-4,7-8,11,18H,1-2,5-6,9-10H2,(H,15,16,17). The highest BCUT2D eigenvalue weighted by Crippen LogP contribution is 2.11. The lowest BCUT2D eigenvalue weighted by atomic mass is 10.2. The second kappa shape index (κ2) is 6.91. The monoisotopic (exact) mass is 245 g/mol. The van der Waals surface area contributed by atoms with E-state index in [4.69, 9.17) is 5.11 Å². The van der Waals surface area contributed by atoms with Gasteiger partial charge in [-0.2, -0.15) is 0 Å². The van der Waals surface area contributed by atoms with Crippen molar-refractivity contribution in [1.82, 2.24) is 9.97 Å². The van der Waals surface area contributed by atoms with Gasteiger partial charge in [0.2, 0.25) is 5.95 Å². The Morgan fingerprint density at radius 1 is 1.06 bits per heavy atom. The minimum Gasteiger partial charge on any atom is -0.396 e. The molecule has 0 aliphatic carbocycles. The molecule has 4 nitrogen and oxygen atoms in total. The van der Waals surface area contributed by atoms with Crippen molar-refractivity contribution in [3.63, 3.8) is 0 Å². The van der Waals surface area contributed by atoms with Crippen molar-refractivity contribution in [2.75, 3.05) is 18.5 Å². The van der Waals surface area contributed by atoms with Crippen molar-refractivity contribution >= 4 is 16.9 Å². The minimum absolute atomic E-state index is 0.293. The first-order chi connectivity index (χ1) is 8.90. The quantitative estimate of drug-likeness (QED) is 0.736.